The summed E-state index contributed by atoms with van der Waals surface area (Å²) in [7, 11) is 0. The summed E-state index contributed by atoms with van der Waals surface area (Å²) in [6.07, 6.45) is -0.791. The fourth-order valence-electron chi connectivity index (χ4n) is 2.31. The minimum Gasteiger partial charge on any atom is -0.387 e. The van der Waals surface area contributed by atoms with Gasteiger partial charge in [0.2, 0.25) is 0 Å². The third-order valence-electron chi connectivity index (χ3n) is 3.21. The number of hydrogen-bond acceptors (Lipinski definition) is 2. The molecule has 2 aromatic carbocycles. The molecule has 1 nitrogen and oxygen atoms in total. The molecule has 0 saturated heterocycles. The van der Waals surface area contributed by atoms with Crippen molar-refractivity contribution in [1.29, 1.82) is 0 Å². The molecule has 0 bridgehead atoms. The van der Waals surface area contributed by atoms with Crippen molar-refractivity contribution in [3.63, 3.8) is 0 Å². The Hall–Kier alpha value is -1.32. The van der Waals surface area contributed by atoms with Crippen LogP contribution in [0.3, 0.4) is 0 Å². The van der Waals surface area contributed by atoms with Crippen LogP contribution in [0.4, 0.5) is 4.39 Å². The summed E-state index contributed by atoms with van der Waals surface area (Å²) in [4.78, 5) is 1.09. The van der Waals surface area contributed by atoms with Crippen molar-refractivity contribution in [2.75, 3.05) is 5.75 Å². The molecule has 0 radical (unpaired) electrons. The molecule has 0 fully saturated rings. The molecule has 1 N–H and O–H groups in total. The van der Waals surface area contributed by atoms with Crippen LogP contribution < -0.4 is 0 Å². The Morgan fingerprint density at radius 1 is 1.10 bits per heavy atom. The molecule has 0 aliphatic carbocycles. The van der Waals surface area contributed by atoms with Crippen LogP contribution in [0.5, 0.6) is 0 Å². The van der Waals surface area contributed by atoms with E-state index in [1.165, 1.54) is 11.6 Å². The second-order valence-electron chi connectivity index (χ2n) is 5.12. The molecule has 2 aromatic rings. The van der Waals surface area contributed by atoms with Gasteiger partial charge in [-0.3, -0.25) is 0 Å². The Labute approximate surface area is 123 Å². The van der Waals surface area contributed by atoms with Crippen LogP contribution >= 0.6 is 11.8 Å². The van der Waals surface area contributed by atoms with Gasteiger partial charge in [-0.25, -0.2) is 4.39 Å². The number of aryl methyl sites for hydroxylation is 3. The Kier molecular flexibility index (Phi) is 4.84. The summed E-state index contributed by atoms with van der Waals surface area (Å²) in [5.74, 6) is 0.129. The summed E-state index contributed by atoms with van der Waals surface area (Å²) in [6.45, 7) is 5.73. The first-order valence-corrected chi connectivity index (χ1v) is 7.60. The van der Waals surface area contributed by atoms with Crippen LogP contribution in [0.25, 0.3) is 0 Å². The number of aliphatic hydroxyl groups is 1. The minimum atomic E-state index is -0.791. The van der Waals surface area contributed by atoms with Crippen LogP contribution in [0.15, 0.2) is 41.3 Å². The van der Waals surface area contributed by atoms with Gasteiger partial charge >= 0.3 is 0 Å². The van der Waals surface area contributed by atoms with Crippen LogP contribution in [-0.4, -0.2) is 10.9 Å². The van der Waals surface area contributed by atoms with E-state index in [4.69, 9.17) is 0 Å². The maximum atomic E-state index is 14.0. The average molecular weight is 290 g/mol. The number of thioether (sulfide) groups is 1. The van der Waals surface area contributed by atoms with E-state index in [9.17, 15) is 9.50 Å². The molecule has 2 rings (SSSR count). The Bertz CT molecular complexity index is 587. The fourth-order valence-corrected chi connectivity index (χ4v) is 3.27. The van der Waals surface area contributed by atoms with Gasteiger partial charge in [-0.1, -0.05) is 23.8 Å². The maximum absolute atomic E-state index is 14.0. The highest BCUT2D eigenvalue weighted by atomic mass is 32.2. The monoisotopic (exact) mass is 290 g/mol. The van der Waals surface area contributed by atoms with Crippen molar-refractivity contribution in [3.05, 3.63) is 64.5 Å². The lowest BCUT2D eigenvalue weighted by Gasteiger charge is -2.15. The van der Waals surface area contributed by atoms with Crippen LogP contribution in [0, 0.1) is 26.6 Å². The lowest BCUT2D eigenvalue weighted by atomic mass is 10.0. The highest BCUT2D eigenvalue weighted by Gasteiger charge is 2.16. The zero-order chi connectivity index (χ0) is 14.7. The van der Waals surface area contributed by atoms with Crippen molar-refractivity contribution < 1.29 is 9.50 Å². The number of rotatable bonds is 4. The first-order chi connectivity index (χ1) is 9.47. The average Bonchev–Trinajstić information content (AvgIpc) is 2.35. The van der Waals surface area contributed by atoms with Gasteiger partial charge in [0.25, 0.3) is 0 Å². The molecule has 0 aliphatic heterocycles. The summed E-state index contributed by atoms with van der Waals surface area (Å²) >= 11 is 1.54. The number of hydrogen-bond donors (Lipinski definition) is 1. The molecule has 0 spiro atoms. The van der Waals surface area contributed by atoms with Crippen molar-refractivity contribution in [2.24, 2.45) is 0 Å². The lowest BCUT2D eigenvalue weighted by molar-refractivity contribution is 0.198. The van der Waals surface area contributed by atoms with E-state index in [0.29, 0.717) is 11.3 Å². The molecular weight excluding hydrogens is 271 g/mol. The summed E-state index contributed by atoms with van der Waals surface area (Å²) in [5.41, 5.74) is 3.28. The van der Waals surface area contributed by atoms with E-state index in [0.717, 1.165) is 16.0 Å². The summed E-state index contributed by atoms with van der Waals surface area (Å²) in [6, 6.07) is 11.5. The number of aliphatic hydroxyl groups excluding tert-OH is 1. The van der Waals surface area contributed by atoms with Crippen molar-refractivity contribution in [3.8, 4) is 0 Å². The van der Waals surface area contributed by atoms with E-state index < -0.39 is 6.10 Å². The van der Waals surface area contributed by atoms with E-state index in [1.54, 1.807) is 11.8 Å². The topological polar surface area (TPSA) is 20.2 Å². The molecule has 20 heavy (non-hydrogen) atoms. The molecule has 0 aliphatic rings. The van der Waals surface area contributed by atoms with Crippen LogP contribution in [0.2, 0.25) is 0 Å². The molecule has 0 heterocycles. The largest absolute Gasteiger partial charge is 0.387 e. The van der Waals surface area contributed by atoms with Crippen LogP contribution in [-0.2, 0) is 0 Å². The van der Waals surface area contributed by atoms with E-state index in [-0.39, 0.29) is 5.82 Å². The van der Waals surface area contributed by atoms with Gasteiger partial charge in [0, 0.05) is 16.2 Å². The Balaban J connectivity index is 2.11. The molecule has 1 atom stereocenters. The molecule has 3 heteroatoms. The predicted octanol–water partition coefficient (Wildman–Crippen LogP) is 4.58. The van der Waals surface area contributed by atoms with Gasteiger partial charge < -0.3 is 5.11 Å². The van der Waals surface area contributed by atoms with E-state index in [2.05, 4.69) is 6.07 Å². The first-order valence-electron chi connectivity index (χ1n) is 6.61. The summed E-state index contributed by atoms with van der Waals surface area (Å²) < 4.78 is 14.0. The van der Waals surface area contributed by atoms with Crippen molar-refractivity contribution in [1.82, 2.24) is 0 Å². The van der Waals surface area contributed by atoms with Gasteiger partial charge in [-0.15, -0.1) is 11.8 Å². The zero-order valence-corrected chi connectivity index (χ0v) is 12.8. The number of benzene rings is 2. The summed E-state index contributed by atoms with van der Waals surface area (Å²) in [5, 5.41) is 10.2. The fraction of sp³-hybridized carbons (Fsp3) is 0.294. The van der Waals surface area contributed by atoms with Crippen molar-refractivity contribution >= 4 is 11.8 Å². The number of halogens is 1. The Morgan fingerprint density at radius 3 is 2.50 bits per heavy atom. The molecule has 0 amide bonds. The highest BCUT2D eigenvalue weighted by Crippen LogP contribution is 2.29. The second kappa shape index (κ2) is 6.42. The standard InChI is InChI=1S/C17H19FOS/c1-11-5-4-6-14(8-11)20-10-16(19)17-13(3)7-12(2)9-15(17)18/h4-9,16,19H,10H2,1-3H3. The quantitative estimate of drug-likeness (QED) is 0.832. The van der Waals surface area contributed by atoms with Gasteiger partial charge in [-0.05, 0) is 50.1 Å². The molecule has 106 valence electrons. The van der Waals surface area contributed by atoms with E-state index >= 15 is 0 Å². The van der Waals surface area contributed by atoms with Gasteiger partial charge in [0.05, 0.1) is 6.10 Å². The normalized spacial score (nSPS) is 12.4. The molecular formula is C17H19FOS. The third-order valence-corrected chi connectivity index (χ3v) is 4.28. The van der Waals surface area contributed by atoms with E-state index in [1.807, 2.05) is 45.0 Å². The lowest BCUT2D eigenvalue weighted by Crippen LogP contribution is -2.06. The Morgan fingerprint density at radius 2 is 1.85 bits per heavy atom. The zero-order valence-electron chi connectivity index (χ0n) is 12.0. The molecule has 1 unspecified atom stereocenters. The van der Waals surface area contributed by atoms with Gasteiger partial charge in [0.15, 0.2) is 0 Å². The molecule has 0 saturated carbocycles. The van der Waals surface area contributed by atoms with Crippen molar-refractivity contribution in [2.45, 2.75) is 31.8 Å². The van der Waals surface area contributed by atoms with Gasteiger partial charge in [-0.2, -0.15) is 0 Å². The predicted molar refractivity (Wildman–Crippen MR) is 82.7 cm³/mol. The smallest absolute Gasteiger partial charge is 0.129 e. The maximum Gasteiger partial charge on any atom is 0.129 e. The molecule has 0 aromatic heterocycles. The van der Waals surface area contributed by atoms with Crippen LogP contribution in [0.1, 0.15) is 28.4 Å². The SMILES string of the molecule is Cc1cccc(SCC(O)c2c(C)cc(C)cc2F)c1. The second-order valence-corrected chi connectivity index (χ2v) is 6.21. The minimum absolute atomic E-state index is 0.320. The van der Waals surface area contributed by atoms with Gasteiger partial charge in [0.1, 0.15) is 5.82 Å². The third kappa shape index (κ3) is 3.62. The highest BCUT2D eigenvalue weighted by molar-refractivity contribution is 7.99. The first kappa shape index (κ1) is 15.1.